The highest BCUT2D eigenvalue weighted by Gasteiger charge is 2.20. The van der Waals surface area contributed by atoms with Crippen molar-refractivity contribution >= 4 is 6.29 Å². The largest absolute Gasteiger partial charge is 0.303 e. The highest BCUT2D eigenvalue weighted by atomic mass is 16.1. The van der Waals surface area contributed by atoms with Crippen LogP contribution in [0.5, 0.6) is 0 Å². The van der Waals surface area contributed by atoms with E-state index in [1.165, 1.54) is 64.1 Å². The van der Waals surface area contributed by atoms with E-state index in [2.05, 4.69) is 6.92 Å². The van der Waals surface area contributed by atoms with Crippen LogP contribution in [0.25, 0.3) is 0 Å². The van der Waals surface area contributed by atoms with Crippen LogP contribution in [0.3, 0.4) is 0 Å². The van der Waals surface area contributed by atoms with E-state index in [1.54, 1.807) is 0 Å². The van der Waals surface area contributed by atoms with Gasteiger partial charge >= 0.3 is 0 Å². The van der Waals surface area contributed by atoms with Crippen molar-refractivity contribution in [2.24, 2.45) is 11.8 Å². The number of carbonyl (C=O) groups is 1. The first kappa shape index (κ1) is 12.7. The minimum absolute atomic E-state index is 0.388. The molecule has 1 heteroatoms. The average Bonchev–Trinajstić information content (AvgIpc) is 2.29. The summed E-state index contributed by atoms with van der Waals surface area (Å²) >= 11 is 0. The minimum Gasteiger partial charge on any atom is -0.303 e. The molecule has 0 radical (unpaired) electrons. The summed E-state index contributed by atoms with van der Waals surface area (Å²) in [5.41, 5.74) is 0. The van der Waals surface area contributed by atoms with Gasteiger partial charge in [-0.05, 0) is 18.8 Å². The van der Waals surface area contributed by atoms with Crippen LogP contribution >= 0.6 is 0 Å². The Morgan fingerprint density at radius 2 is 1.93 bits per heavy atom. The Morgan fingerprint density at radius 3 is 2.67 bits per heavy atom. The van der Waals surface area contributed by atoms with Gasteiger partial charge in [-0.2, -0.15) is 0 Å². The first-order valence-corrected chi connectivity index (χ1v) is 6.82. The molecule has 1 nitrogen and oxygen atoms in total. The summed E-state index contributed by atoms with van der Waals surface area (Å²) in [6.45, 7) is 2.26. The van der Waals surface area contributed by atoms with Gasteiger partial charge in [0.15, 0.2) is 0 Å². The van der Waals surface area contributed by atoms with E-state index in [9.17, 15) is 4.79 Å². The lowest BCUT2D eigenvalue weighted by Gasteiger charge is -2.25. The summed E-state index contributed by atoms with van der Waals surface area (Å²) in [7, 11) is 0. The molecule has 0 aromatic carbocycles. The van der Waals surface area contributed by atoms with Crippen molar-refractivity contribution in [3.05, 3.63) is 0 Å². The smallest absolute Gasteiger partial charge is 0.123 e. The molecule has 1 aliphatic rings. The van der Waals surface area contributed by atoms with Crippen molar-refractivity contribution in [1.82, 2.24) is 0 Å². The van der Waals surface area contributed by atoms with Gasteiger partial charge in [-0.25, -0.2) is 0 Å². The van der Waals surface area contributed by atoms with E-state index in [4.69, 9.17) is 0 Å². The van der Waals surface area contributed by atoms with Gasteiger partial charge in [-0.15, -0.1) is 0 Å². The fourth-order valence-corrected chi connectivity index (χ4v) is 2.75. The number of hydrogen-bond acceptors (Lipinski definition) is 1. The molecule has 0 spiro atoms. The molecule has 0 aromatic rings. The van der Waals surface area contributed by atoms with E-state index >= 15 is 0 Å². The van der Waals surface area contributed by atoms with Crippen LogP contribution in [0, 0.1) is 11.8 Å². The molecule has 1 rings (SSSR count). The predicted octanol–water partition coefficient (Wildman–Crippen LogP) is 4.35. The molecule has 88 valence electrons. The Morgan fingerprint density at radius 1 is 1.13 bits per heavy atom. The maximum Gasteiger partial charge on any atom is 0.123 e. The summed E-state index contributed by atoms with van der Waals surface area (Å²) in [5, 5.41) is 0. The molecule has 0 aromatic heterocycles. The first-order chi connectivity index (χ1) is 7.36. The van der Waals surface area contributed by atoms with Gasteiger partial charge in [-0.3, -0.25) is 0 Å². The Hall–Kier alpha value is -0.330. The zero-order valence-electron chi connectivity index (χ0n) is 10.2. The van der Waals surface area contributed by atoms with Gasteiger partial charge in [0, 0.05) is 5.92 Å². The van der Waals surface area contributed by atoms with Gasteiger partial charge in [0.2, 0.25) is 0 Å². The first-order valence-electron chi connectivity index (χ1n) is 6.82. The highest BCUT2D eigenvalue weighted by molar-refractivity contribution is 5.53. The van der Waals surface area contributed by atoms with Crippen LogP contribution in [0.4, 0.5) is 0 Å². The third-order valence-corrected chi connectivity index (χ3v) is 3.73. The minimum atomic E-state index is 0.388. The molecule has 2 unspecified atom stereocenters. The van der Waals surface area contributed by atoms with E-state index in [0.29, 0.717) is 5.92 Å². The van der Waals surface area contributed by atoms with Crippen LogP contribution in [0.15, 0.2) is 0 Å². The average molecular weight is 210 g/mol. The molecule has 15 heavy (non-hydrogen) atoms. The molecule has 0 aliphatic heterocycles. The maximum absolute atomic E-state index is 10.7. The van der Waals surface area contributed by atoms with Crippen molar-refractivity contribution in [1.29, 1.82) is 0 Å². The Labute approximate surface area is 94.6 Å². The number of aldehydes is 1. The number of hydrogen-bond donors (Lipinski definition) is 0. The second-order valence-electron chi connectivity index (χ2n) is 5.13. The predicted molar refractivity (Wildman–Crippen MR) is 64.9 cm³/mol. The fraction of sp³-hybridized carbons (Fsp3) is 0.929. The van der Waals surface area contributed by atoms with E-state index < -0.39 is 0 Å². The molecule has 0 amide bonds. The summed E-state index contributed by atoms with van der Waals surface area (Å²) in [6.07, 6.45) is 14.4. The lowest BCUT2D eigenvalue weighted by atomic mass is 9.80. The van der Waals surface area contributed by atoms with Gasteiger partial charge in [-0.1, -0.05) is 58.3 Å². The monoisotopic (exact) mass is 210 g/mol. The third-order valence-electron chi connectivity index (χ3n) is 3.73. The van der Waals surface area contributed by atoms with Gasteiger partial charge in [0.1, 0.15) is 6.29 Å². The summed E-state index contributed by atoms with van der Waals surface area (Å²) in [5.74, 6) is 1.25. The Bertz CT molecular complexity index is 165. The van der Waals surface area contributed by atoms with Gasteiger partial charge in [0.25, 0.3) is 0 Å². The van der Waals surface area contributed by atoms with Gasteiger partial charge < -0.3 is 4.79 Å². The molecular formula is C14H26O. The van der Waals surface area contributed by atoms with Crippen LogP contribution in [-0.2, 0) is 4.79 Å². The standard InChI is InChI=1S/C14H26O/c1-2-3-4-5-6-8-13-9-7-10-14(11-13)12-15/h12-14H,2-11H2,1H3. The van der Waals surface area contributed by atoms with Crippen molar-refractivity contribution < 1.29 is 4.79 Å². The summed E-state index contributed by atoms with van der Waals surface area (Å²) in [4.78, 5) is 10.7. The van der Waals surface area contributed by atoms with E-state index in [0.717, 1.165) is 12.3 Å². The van der Waals surface area contributed by atoms with Crippen molar-refractivity contribution in [2.75, 3.05) is 0 Å². The fourth-order valence-electron chi connectivity index (χ4n) is 2.75. The quantitative estimate of drug-likeness (QED) is 0.451. The second kappa shape index (κ2) is 7.90. The molecule has 1 fully saturated rings. The zero-order chi connectivity index (χ0) is 10.9. The molecule has 1 saturated carbocycles. The van der Waals surface area contributed by atoms with Crippen LogP contribution in [-0.4, -0.2) is 6.29 Å². The van der Waals surface area contributed by atoms with Crippen LogP contribution in [0.2, 0.25) is 0 Å². The molecule has 0 bridgehead atoms. The van der Waals surface area contributed by atoms with Crippen molar-refractivity contribution in [3.8, 4) is 0 Å². The zero-order valence-corrected chi connectivity index (χ0v) is 10.2. The van der Waals surface area contributed by atoms with Crippen LogP contribution < -0.4 is 0 Å². The normalized spacial score (nSPS) is 26.5. The number of carbonyl (C=O) groups excluding carboxylic acids is 1. The lowest BCUT2D eigenvalue weighted by molar-refractivity contribution is -0.112. The lowest BCUT2D eigenvalue weighted by Crippen LogP contribution is -2.16. The Balaban J connectivity index is 2.02. The molecule has 0 saturated heterocycles. The van der Waals surface area contributed by atoms with Crippen molar-refractivity contribution in [2.45, 2.75) is 71.1 Å². The maximum atomic E-state index is 10.7. The number of unbranched alkanes of at least 4 members (excludes halogenated alkanes) is 4. The van der Waals surface area contributed by atoms with Crippen molar-refractivity contribution in [3.63, 3.8) is 0 Å². The number of rotatable bonds is 7. The Kier molecular flexibility index (Phi) is 6.71. The van der Waals surface area contributed by atoms with Gasteiger partial charge in [0.05, 0.1) is 0 Å². The second-order valence-corrected chi connectivity index (χ2v) is 5.13. The highest BCUT2D eigenvalue weighted by Crippen LogP contribution is 2.31. The van der Waals surface area contributed by atoms with E-state index in [1.807, 2.05) is 0 Å². The SMILES string of the molecule is CCCCCCCC1CCCC(C=O)C1. The molecule has 0 N–H and O–H groups in total. The van der Waals surface area contributed by atoms with E-state index in [-0.39, 0.29) is 0 Å². The molecular weight excluding hydrogens is 184 g/mol. The molecule has 2 atom stereocenters. The molecule has 1 aliphatic carbocycles. The topological polar surface area (TPSA) is 17.1 Å². The molecule has 0 heterocycles. The van der Waals surface area contributed by atoms with Crippen LogP contribution in [0.1, 0.15) is 71.1 Å². The third kappa shape index (κ3) is 5.34. The summed E-state index contributed by atoms with van der Waals surface area (Å²) in [6, 6.07) is 0. The summed E-state index contributed by atoms with van der Waals surface area (Å²) < 4.78 is 0.